The molecule has 2 heterocycles. The molecular formula is C18H20ClN3O2. The standard InChI is InChI=1S/C18H20ClN3O2/c1-14(24-16-7-3-2-6-15(16)19)18(23)22-12-10-21(11-13-22)17-8-4-5-9-20-17/h2-9,14H,10-13H2,1H3. The van der Waals surface area contributed by atoms with Gasteiger partial charge in [-0.3, -0.25) is 4.79 Å². The summed E-state index contributed by atoms with van der Waals surface area (Å²) in [6.07, 6.45) is 1.22. The van der Waals surface area contributed by atoms with E-state index in [0.29, 0.717) is 23.9 Å². The summed E-state index contributed by atoms with van der Waals surface area (Å²) in [7, 11) is 0. The molecule has 1 atom stereocenters. The summed E-state index contributed by atoms with van der Waals surface area (Å²) in [5.41, 5.74) is 0. The van der Waals surface area contributed by atoms with E-state index in [1.54, 1.807) is 25.3 Å². The number of anilines is 1. The number of hydrogen-bond acceptors (Lipinski definition) is 4. The molecule has 1 aromatic heterocycles. The fourth-order valence-electron chi connectivity index (χ4n) is 2.74. The first-order valence-corrected chi connectivity index (χ1v) is 8.39. The van der Waals surface area contributed by atoms with Crippen molar-refractivity contribution in [3.05, 3.63) is 53.7 Å². The summed E-state index contributed by atoms with van der Waals surface area (Å²) in [6, 6.07) is 13.0. The van der Waals surface area contributed by atoms with E-state index in [1.807, 2.05) is 35.2 Å². The Morgan fingerprint density at radius 1 is 1.12 bits per heavy atom. The second kappa shape index (κ2) is 7.53. The minimum atomic E-state index is -0.564. The quantitative estimate of drug-likeness (QED) is 0.854. The first-order valence-electron chi connectivity index (χ1n) is 8.01. The number of amides is 1. The van der Waals surface area contributed by atoms with E-state index in [2.05, 4.69) is 9.88 Å². The third kappa shape index (κ3) is 3.79. The van der Waals surface area contributed by atoms with Crippen LogP contribution in [0.15, 0.2) is 48.7 Å². The van der Waals surface area contributed by atoms with E-state index in [0.717, 1.165) is 18.9 Å². The van der Waals surface area contributed by atoms with Crippen LogP contribution in [0, 0.1) is 0 Å². The van der Waals surface area contributed by atoms with Crippen molar-refractivity contribution in [2.24, 2.45) is 0 Å². The molecule has 5 nitrogen and oxygen atoms in total. The van der Waals surface area contributed by atoms with Crippen LogP contribution >= 0.6 is 11.6 Å². The van der Waals surface area contributed by atoms with E-state index < -0.39 is 6.10 Å². The molecule has 1 saturated heterocycles. The van der Waals surface area contributed by atoms with Gasteiger partial charge in [0.05, 0.1) is 5.02 Å². The van der Waals surface area contributed by atoms with Gasteiger partial charge in [-0.2, -0.15) is 0 Å². The highest BCUT2D eigenvalue weighted by molar-refractivity contribution is 6.32. The molecule has 1 aromatic carbocycles. The van der Waals surface area contributed by atoms with Crippen molar-refractivity contribution in [3.8, 4) is 5.75 Å². The number of para-hydroxylation sites is 1. The van der Waals surface area contributed by atoms with Crippen molar-refractivity contribution < 1.29 is 9.53 Å². The van der Waals surface area contributed by atoms with E-state index in [4.69, 9.17) is 16.3 Å². The third-order valence-electron chi connectivity index (χ3n) is 4.05. The lowest BCUT2D eigenvalue weighted by atomic mass is 10.2. The van der Waals surface area contributed by atoms with Gasteiger partial charge in [-0.05, 0) is 31.2 Å². The predicted molar refractivity (Wildman–Crippen MR) is 94.6 cm³/mol. The van der Waals surface area contributed by atoms with Crippen molar-refractivity contribution >= 4 is 23.3 Å². The maximum absolute atomic E-state index is 12.6. The molecular weight excluding hydrogens is 326 g/mol. The number of rotatable bonds is 4. The molecule has 24 heavy (non-hydrogen) atoms. The number of carbonyl (C=O) groups excluding carboxylic acids is 1. The van der Waals surface area contributed by atoms with Crippen LogP contribution < -0.4 is 9.64 Å². The number of hydrogen-bond donors (Lipinski definition) is 0. The predicted octanol–water partition coefficient (Wildman–Crippen LogP) is 2.85. The Balaban J connectivity index is 1.56. The highest BCUT2D eigenvalue weighted by Gasteiger charge is 2.26. The number of benzene rings is 1. The zero-order valence-electron chi connectivity index (χ0n) is 13.6. The van der Waals surface area contributed by atoms with Gasteiger partial charge in [-0.15, -0.1) is 0 Å². The Morgan fingerprint density at radius 3 is 2.50 bits per heavy atom. The smallest absolute Gasteiger partial charge is 0.263 e. The number of pyridine rings is 1. The Kier molecular flexibility index (Phi) is 5.20. The average molecular weight is 346 g/mol. The molecule has 1 aliphatic heterocycles. The van der Waals surface area contributed by atoms with E-state index in [9.17, 15) is 4.79 Å². The fraction of sp³-hybridized carbons (Fsp3) is 0.333. The van der Waals surface area contributed by atoms with Crippen LogP contribution in [0.5, 0.6) is 5.75 Å². The van der Waals surface area contributed by atoms with Crippen molar-refractivity contribution in [3.63, 3.8) is 0 Å². The van der Waals surface area contributed by atoms with Crippen LogP contribution in [0.25, 0.3) is 0 Å². The van der Waals surface area contributed by atoms with Gasteiger partial charge in [-0.1, -0.05) is 29.8 Å². The largest absolute Gasteiger partial charge is 0.479 e. The molecule has 126 valence electrons. The van der Waals surface area contributed by atoms with Gasteiger partial charge in [0.2, 0.25) is 0 Å². The number of halogens is 1. The molecule has 1 fully saturated rings. The normalized spacial score (nSPS) is 15.9. The van der Waals surface area contributed by atoms with Gasteiger partial charge in [-0.25, -0.2) is 4.98 Å². The first kappa shape index (κ1) is 16.6. The van der Waals surface area contributed by atoms with Gasteiger partial charge in [0.15, 0.2) is 6.10 Å². The summed E-state index contributed by atoms with van der Waals surface area (Å²) in [6.45, 7) is 4.61. The van der Waals surface area contributed by atoms with Crippen molar-refractivity contribution in [2.75, 3.05) is 31.1 Å². The summed E-state index contributed by atoms with van der Waals surface area (Å²) in [5, 5.41) is 0.511. The summed E-state index contributed by atoms with van der Waals surface area (Å²) < 4.78 is 5.72. The van der Waals surface area contributed by atoms with E-state index in [1.165, 1.54) is 0 Å². The summed E-state index contributed by atoms with van der Waals surface area (Å²) in [4.78, 5) is 21.0. The molecule has 0 bridgehead atoms. The SMILES string of the molecule is CC(Oc1ccccc1Cl)C(=O)N1CCN(c2ccccn2)CC1. The minimum Gasteiger partial charge on any atom is -0.479 e. The van der Waals surface area contributed by atoms with Crippen LogP contribution in [-0.4, -0.2) is 48.1 Å². The molecule has 0 N–H and O–H groups in total. The second-order valence-electron chi connectivity index (χ2n) is 5.69. The maximum Gasteiger partial charge on any atom is 0.263 e. The van der Waals surface area contributed by atoms with Crippen LogP contribution in [0.3, 0.4) is 0 Å². The highest BCUT2D eigenvalue weighted by atomic mass is 35.5. The lowest BCUT2D eigenvalue weighted by molar-refractivity contribution is -0.138. The Hall–Kier alpha value is -2.27. The number of aromatic nitrogens is 1. The van der Waals surface area contributed by atoms with Crippen LogP contribution in [0.4, 0.5) is 5.82 Å². The molecule has 0 spiro atoms. The van der Waals surface area contributed by atoms with Gasteiger partial charge >= 0.3 is 0 Å². The average Bonchev–Trinajstić information content (AvgIpc) is 2.64. The van der Waals surface area contributed by atoms with Gasteiger partial charge in [0, 0.05) is 32.4 Å². The number of carbonyl (C=O) groups is 1. The van der Waals surface area contributed by atoms with E-state index >= 15 is 0 Å². The zero-order chi connectivity index (χ0) is 16.9. The molecule has 1 unspecified atom stereocenters. The highest BCUT2D eigenvalue weighted by Crippen LogP contribution is 2.24. The topological polar surface area (TPSA) is 45.7 Å². The third-order valence-corrected chi connectivity index (χ3v) is 4.37. The molecule has 0 radical (unpaired) electrons. The van der Waals surface area contributed by atoms with Gasteiger partial charge < -0.3 is 14.5 Å². The van der Waals surface area contributed by atoms with E-state index in [-0.39, 0.29) is 5.91 Å². The lowest BCUT2D eigenvalue weighted by Crippen LogP contribution is -2.52. The van der Waals surface area contributed by atoms with Crippen molar-refractivity contribution in [2.45, 2.75) is 13.0 Å². The molecule has 2 aromatic rings. The Labute approximate surface area is 146 Å². The molecule has 6 heteroatoms. The molecule has 1 amide bonds. The van der Waals surface area contributed by atoms with Crippen molar-refractivity contribution in [1.82, 2.24) is 9.88 Å². The summed E-state index contributed by atoms with van der Waals surface area (Å²) in [5.74, 6) is 1.47. The minimum absolute atomic E-state index is 0.0180. The van der Waals surface area contributed by atoms with Gasteiger partial charge in [0.25, 0.3) is 5.91 Å². The molecule has 0 aliphatic carbocycles. The lowest BCUT2D eigenvalue weighted by Gasteiger charge is -2.36. The number of ether oxygens (including phenoxy) is 1. The zero-order valence-corrected chi connectivity index (χ0v) is 14.3. The monoisotopic (exact) mass is 345 g/mol. The van der Waals surface area contributed by atoms with Crippen LogP contribution in [0.2, 0.25) is 5.02 Å². The maximum atomic E-state index is 12.6. The van der Waals surface area contributed by atoms with Crippen LogP contribution in [-0.2, 0) is 4.79 Å². The van der Waals surface area contributed by atoms with Crippen molar-refractivity contribution in [1.29, 1.82) is 0 Å². The second-order valence-corrected chi connectivity index (χ2v) is 6.10. The molecule has 1 aliphatic rings. The van der Waals surface area contributed by atoms with Gasteiger partial charge in [0.1, 0.15) is 11.6 Å². The molecule has 0 saturated carbocycles. The molecule has 3 rings (SSSR count). The Bertz CT molecular complexity index is 688. The number of nitrogens with zero attached hydrogens (tertiary/aromatic N) is 3. The fourth-order valence-corrected chi connectivity index (χ4v) is 2.92. The Morgan fingerprint density at radius 2 is 1.83 bits per heavy atom. The number of piperazine rings is 1. The summed E-state index contributed by atoms with van der Waals surface area (Å²) >= 11 is 6.08. The van der Waals surface area contributed by atoms with Crippen LogP contribution in [0.1, 0.15) is 6.92 Å². The first-order chi connectivity index (χ1) is 11.6.